The minimum Gasteiger partial charge on any atom is -0.337 e. The molecule has 4 fully saturated rings. The van der Waals surface area contributed by atoms with Crippen LogP contribution in [0.4, 0.5) is 17.7 Å². The molecule has 4 aliphatic rings. The molecule has 4 heterocycles. The largest absolute Gasteiger partial charge is 0.337 e. The summed E-state index contributed by atoms with van der Waals surface area (Å²) in [5.74, 6) is 3.46. The Bertz CT molecular complexity index is 813. The van der Waals surface area contributed by atoms with Gasteiger partial charge in [-0.05, 0) is 38.8 Å². The van der Waals surface area contributed by atoms with Gasteiger partial charge in [-0.2, -0.15) is 9.97 Å². The molecule has 2 bridgehead atoms. The molecule has 2 aliphatic heterocycles. The Hall–Kier alpha value is -2.35. The van der Waals surface area contributed by atoms with Gasteiger partial charge in [0, 0.05) is 36.7 Å². The maximum absolute atomic E-state index is 4.73. The van der Waals surface area contributed by atoms with Crippen LogP contribution in [-0.2, 0) is 0 Å². The van der Waals surface area contributed by atoms with Crippen LogP contribution in [0.3, 0.4) is 0 Å². The number of aromatic nitrogens is 5. The lowest BCUT2D eigenvalue weighted by atomic mass is 9.70. The lowest BCUT2D eigenvalue weighted by molar-refractivity contribution is 0.196. The van der Waals surface area contributed by atoms with Gasteiger partial charge in [-0.25, -0.2) is 15.0 Å². The van der Waals surface area contributed by atoms with E-state index < -0.39 is 0 Å². The fraction of sp³-hybridized carbons (Fsp3) is 0.632. The van der Waals surface area contributed by atoms with E-state index in [0.29, 0.717) is 23.3 Å². The number of fused-ring (bicyclic) bond motifs is 1. The maximum Gasteiger partial charge on any atom is 0.231 e. The summed E-state index contributed by atoms with van der Waals surface area (Å²) in [6.45, 7) is 2.09. The topological polar surface area (TPSA) is 91.8 Å². The minimum absolute atomic E-state index is 0.399. The van der Waals surface area contributed by atoms with E-state index in [2.05, 4.69) is 35.5 Å². The van der Waals surface area contributed by atoms with Gasteiger partial charge in [0.25, 0.3) is 0 Å². The molecule has 2 aliphatic carbocycles. The SMILES string of the molecule is CNCC12CC(C1)N(c1nccc(Nc3ncnc(C4CCCC4)n3)n1)C2. The highest BCUT2D eigenvalue weighted by Gasteiger charge is 2.55. The number of nitrogens with one attached hydrogen (secondary N) is 2. The third-order valence-electron chi connectivity index (χ3n) is 6.29. The lowest BCUT2D eigenvalue weighted by Crippen LogP contribution is -2.41. The number of rotatable bonds is 6. The molecule has 27 heavy (non-hydrogen) atoms. The van der Waals surface area contributed by atoms with Gasteiger partial charge in [0.15, 0.2) is 0 Å². The van der Waals surface area contributed by atoms with Crippen LogP contribution in [-0.4, -0.2) is 51.1 Å². The molecule has 2 saturated heterocycles. The first-order chi connectivity index (χ1) is 13.2. The molecule has 0 radical (unpaired) electrons. The molecular formula is C19H26N8. The van der Waals surface area contributed by atoms with Crippen LogP contribution in [0.5, 0.6) is 0 Å². The molecule has 2 aromatic heterocycles. The summed E-state index contributed by atoms with van der Waals surface area (Å²) in [4.78, 5) is 24.9. The lowest BCUT2D eigenvalue weighted by Gasteiger charge is -2.36. The fourth-order valence-corrected chi connectivity index (χ4v) is 5.01. The third kappa shape index (κ3) is 3.12. The van der Waals surface area contributed by atoms with Gasteiger partial charge in [-0.15, -0.1) is 0 Å². The van der Waals surface area contributed by atoms with E-state index in [0.717, 1.165) is 30.7 Å². The Morgan fingerprint density at radius 3 is 2.81 bits per heavy atom. The van der Waals surface area contributed by atoms with Gasteiger partial charge in [0.2, 0.25) is 11.9 Å². The molecule has 2 aromatic rings. The first-order valence-electron chi connectivity index (χ1n) is 9.95. The van der Waals surface area contributed by atoms with Crippen LogP contribution in [0, 0.1) is 5.41 Å². The van der Waals surface area contributed by atoms with Gasteiger partial charge in [0.1, 0.15) is 18.0 Å². The van der Waals surface area contributed by atoms with Crippen molar-refractivity contribution in [2.24, 2.45) is 5.41 Å². The van der Waals surface area contributed by atoms with Gasteiger partial charge in [-0.1, -0.05) is 12.8 Å². The molecule has 2 saturated carbocycles. The highest BCUT2D eigenvalue weighted by molar-refractivity contribution is 5.51. The fourth-order valence-electron chi connectivity index (χ4n) is 5.01. The number of nitrogens with zero attached hydrogens (tertiary/aromatic N) is 6. The molecule has 2 N–H and O–H groups in total. The molecule has 0 spiro atoms. The minimum atomic E-state index is 0.399. The molecule has 6 rings (SSSR count). The zero-order chi connectivity index (χ0) is 18.3. The normalized spacial score (nSPS) is 27.0. The zero-order valence-corrected chi connectivity index (χ0v) is 15.7. The van der Waals surface area contributed by atoms with Crippen LogP contribution in [0.2, 0.25) is 0 Å². The Kier molecular flexibility index (Phi) is 4.15. The van der Waals surface area contributed by atoms with Gasteiger partial charge in [-0.3, -0.25) is 0 Å². The molecule has 0 unspecified atom stereocenters. The van der Waals surface area contributed by atoms with Crippen LogP contribution >= 0.6 is 0 Å². The highest BCUT2D eigenvalue weighted by Crippen LogP contribution is 2.52. The smallest absolute Gasteiger partial charge is 0.231 e. The van der Waals surface area contributed by atoms with Gasteiger partial charge in [0.05, 0.1) is 0 Å². The standard InChI is InChI=1S/C19H26N8/c1-20-10-19-8-14(9-19)27(11-19)18-21-7-6-15(25-18)24-17-23-12-22-16(26-17)13-4-2-3-5-13/h6-7,12-14,20H,2-5,8-11H2,1H3,(H,21,22,23,24,25,26). The average molecular weight is 366 g/mol. The summed E-state index contributed by atoms with van der Waals surface area (Å²) >= 11 is 0. The third-order valence-corrected chi connectivity index (χ3v) is 6.29. The molecule has 0 aromatic carbocycles. The van der Waals surface area contributed by atoms with E-state index in [1.165, 1.54) is 38.5 Å². The Morgan fingerprint density at radius 2 is 2.00 bits per heavy atom. The van der Waals surface area contributed by atoms with Crippen LogP contribution < -0.4 is 15.5 Å². The predicted octanol–water partition coefficient (Wildman–Crippen LogP) is 2.25. The monoisotopic (exact) mass is 366 g/mol. The van der Waals surface area contributed by atoms with Crippen molar-refractivity contribution in [3.05, 3.63) is 24.4 Å². The summed E-state index contributed by atoms with van der Waals surface area (Å²) < 4.78 is 0. The number of hydrogen-bond donors (Lipinski definition) is 2. The van der Waals surface area contributed by atoms with Crippen LogP contribution in [0.1, 0.15) is 50.3 Å². The Morgan fingerprint density at radius 1 is 1.15 bits per heavy atom. The van der Waals surface area contributed by atoms with Crippen LogP contribution in [0.25, 0.3) is 0 Å². The van der Waals surface area contributed by atoms with Crippen molar-refractivity contribution < 1.29 is 0 Å². The summed E-state index contributed by atoms with van der Waals surface area (Å²) in [6, 6.07) is 2.44. The van der Waals surface area contributed by atoms with E-state index in [9.17, 15) is 0 Å². The molecule has 142 valence electrons. The first kappa shape index (κ1) is 16.8. The zero-order valence-electron chi connectivity index (χ0n) is 15.7. The van der Waals surface area contributed by atoms with Crippen molar-refractivity contribution in [3.8, 4) is 0 Å². The quantitative estimate of drug-likeness (QED) is 0.804. The Balaban J connectivity index is 1.31. The second-order valence-electron chi connectivity index (χ2n) is 8.24. The van der Waals surface area contributed by atoms with E-state index in [1.807, 2.05) is 19.3 Å². The molecule has 0 amide bonds. The summed E-state index contributed by atoms with van der Waals surface area (Å²) in [6.07, 6.45) is 10.7. The van der Waals surface area contributed by atoms with Crippen molar-refractivity contribution in [2.75, 3.05) is 30.4 Å². The predicted molar refractivity (Wildman–Crippen MR) is 103 cm³/mol. The number of anilines is 3. The molecule has 8 nitrogen and oxygen atoms in total. The van der Waals surface area contributed by atoms with Crippen LogP contribution in [0.15, 0.2) is 18.6 Å². The van der Waals surface area contributed by atoms with Crippen molar-refractivity contribution in [3.63, 3.8) is 0 Å². The Labute approximate surface area is 159 Å². The first-order valence-corrected chi connectivity index (χ1v) is 9.95. The van der Waals surface area contributed by atoms with Crippen molar-refractivity contribution in [2.45, 2.75) is 50.5 Å². The summed E-state index contributed by atoms with van der Waals surface area (Å²) in [5, 5.41) is 6.57. The van der Waals surface area contributed by atoms with E-state index in [1.54, 1.807) is 6.33 Å². The van der Waals surface area contributed by atoms with E-state index in [4.69, 9.17) is 4.98 Å². The molecule has 8 heteroatoms. The van der Waals surface area contributed by atoms with E-state index in [-0.39, 0.29) is 0 Å². The summed E-state index contributed by atoms with van der Waals surface area (Å²) in [7, 11) is 2.03. The molecule has 0 atom stereocenters. The van der Waals surface area contributed by atoms with Gasteiger partial charge >= 0.3 is 0 Å². The summed E-state index contributed by atoms with van der Waals surface area (Å²) in [5.41, 5.74) is 0.399. The highest BCUT2D eigenvalue weighted by atomic mass is 15.3. The molecular weight excluding hydrogens is 340 g/mol. The van der Waals surface area contributed by atoms with Crippen molar-refractivity contribution in [1.82, 2.24) is 30.2 Å². The average Bonchev–Trinajstić information content (AvgIpc) is 3.37. The second kappa shape index (κ2) is 6.67. The maximum atomic E-state index is 4.73. The van der Waals surface area contributed by atoms with Gasteiger partial charge < -0.3 is 15.5 Å². The van der Waals surface area contributed by atoms with Crippen molar-refractivity contribution in [1.29, 1.82) is 0 Å². The number of hydrogen-bond acceptors (Lipinski definition) is 8. The second-order valence-corrected chi connectivity index (χ2v) is 8.24. The van der Waals surface area contributed by atoms with Crippen molar-refractivity contribution >= 4 is 17.7 Å². The van der Waals surface area contributed by atoms with E-state index >= 15 is 0 Å².